The van der Waals surface area contributed by atoms with E-state index in [4.69, 9.17) is 9.47 Å². The second-order valence-corrected chi connectivity index (χ2v) is 9.81. The Hall–Kier alpha value is -1.68. The normalized spacial score (nSPS) is 19.1. The highest BCUT2D eigenvalue weighted by Crippen LogP contribution is 2.26. The molecule has 0 radical (unpaired) electrons. The summed E-state index contributed by atoms with van der Waals surface area (Å²) in [6.45, 7) is 7.93. The summed E-state index contributed by atoms with van der Waals surface area (Å²) < 4.78 is 38.8. The molecule has 3 rings (SSSR count). The van der Waals surface area contributed by atoms with Crippen molar-refractivity contribution in [3.8, 4) is 5.75 Å². The number of sulfonamides is 1. The van der Waals surface area contributed by atoms with Crippen LogP contribution in [0.3, 0.4) is 0 Å². The van der Waals surface area contributed by atoms with Gasteiger partial charge < -0.3 is 14.4 Å². The van der Waals surface area contributed by atoms with E-state index < -0.39 is 10.0 Å². The van der Waals surface area contributed by atoms with Crippen LogP contribution in [0.2, 0.25) is 0 Å². The molecular weight excluding hydrogens is 406 g/mol. The highest BCUT2D eigenvalue weighted by Gasteiger charge is 2.26. The van der Waals surface area contributed by atoms with Gasteiger partial charge >= 0.3 is 0 Å². The van der Waals surface area contributed by atoms with Gasteiger partial charge in [-0.3, -0.25) is 9.69 Å². The Morgan fingerprint density at radius 1 is 1.20 bits per heavy atom. The van der Waals surface area contributed by atoms with E-state index in [9.17, 15) is 13.2 Å². The van der Waals surface area contributed by atoms with Crippen molar-refractivity contribution >= 4 is 15.9 Å². The van der Waals surface area contributed by atoms with E-state index in [0.717, 1.165) is 45.7 Å². The number of carbonyl (C=O) groups is 1. The fourth-order valence-electron chi connectivity index (χ4n) is 3.82. The number of methoxy groups -OCH3 is 1. The average Bonchev–Trinajstić information content (AvgIpc) is 2.77. The van der Waals surface area contributed by atoms with Gasteiger partial charge in [0, 0.05) is 32.7 Å². The number of likely N-dealkylation sites (tertiary alicyclic amines) is 1. The lowest BCUT2D eigenvalue weighted by Gasteiger charge is -2.30. The van der Waals surface area contributed by atoms with Gasteiger partial charge in [0.2, 0.25) is 10.0 Å². The topological polar surface area (TPSA) is 88.2 Å². The number of hydrogen-bond donors (Lipinski definition) is 1. The highest BCUT2D eigenvalue weighted by atomic mass is 32.2. The summed E-state index contributed by atoms with van der Waals surface area (Å²) in [4.78, 5) is 17.1. The summed E-state index contributed by atoms with van der Waals surface area (Å²) in [6.07, 6.45) is 2.63. The molecular formula is C21H33N3O5S. The number of nitrogens with zero attached hydrogens (tertiary/aromatic N) is 2. The van der Waals surface area contributed by atoms with E-state index in [0.29, 0.717) is 43.3 Å². The minimum Gasteiger partial charge on any atom is -0.496 e. The van der Waals surface area contributed by atoms with Gasteiger partial charge in [0.05, 0.1) is 30.8 Å². The van der Waals surface area contributed by atoms with Gasteiger partial charge in [-0.15, -0.1) is 0 Å². The van der Waals surface area contributed by atoms with Crippen LogP contribution in [0.5, 0.6) is 5.75 Å². The molecule has 1 aromatic rings. The van der Waals surface area contributed by atoms with Gasteiger partial charge in [-0.1, -0.05) is 6.92 Å². The molecule has 0 unspecified atom stereocenters. The van der Waals surface area contributed by atoms with Gasteiger partial charge in [0.25, 0.3) is 5.91 Å². The van der Waals surface area contributed by atoms with Crippen molar-refractivity contribution in [2.45, 2.75) is 31.1 Å². The van der Waals surface area contributed by atoms with Crippen LogP contribution in [-0.2, 0) is 14.8 Å². The standard InChI is InChI=1S/C21H33N3O5S/c1-17-6-10-24(11-7-17)21(25)19-16-18(4-5-20(19)28-2)30(26,27)22-8-3-9-23-12-14-29-15-13-23/h4-5,16-17,22H,3,6-15H2,1-2H3. The van der Waals surface area contributed by atoms with Crippen LogP contribution in [-0.4, -0.2) is 83.7 Å². The summed E-state index contributed by atoms with van der Waals surface area (Å²) in [5.41, 5.74) is 0.295. The first-order valence-electron chi connectivity index (χ1n) is 10.7. The number of piperidine rings is 1. The SMILES string of the molecule is COc1ccc(S(=O)(=O)NCCCN2CCOCC2)cc1C(=O)N1CCC(C)CC1. The molecule has 0 atom stereocenters. The molecule has 2 aliphatic rings. The van der Waals surface area contributed by atoms with Crippen molar-refractivity contribution in [3.05, 3.63) is 23.8 Å². The quantitative estimate of drug-likeness (QED) is 0.619. The van der Waals surface area contributed by atoms with Crippen LogP contribution >= 0.6 is 0 Å². The van der Waals surface area contributed by atoms with Gasteiger partial charge in [0.1, 0.15) is 5.75 Å². The molecule has 1 N–H and O–H groups in total. The number of nitrogens with one attached hydrogen (secondary N) is 1. The first kappa shape index (κ1) is 23.0. The predicted molar refractivity (Wildman–Crippen MR) is 114 cm³/mol. The van der Waals surface area contributed by atoms with Crippen molar-refractivity contribution in [2.75, 3.05) is 59.6 Å². The molecule has 8 nitrogen and oxygen atoms in total. The molecule has 0 saturated carbocycles. The van der Waals surface area contributed by atoms with Crippen LogP contribution in [0.15, 0.2) is 23.1 Å². The minimum absolute atomic E-state index is 0.0865. The number of rotatable bonds is 8. The Balaban J connectivity index is 1.64. The van der Waals surface area contributed by atoms with Gasteiger partial charge in [0.15, 0.2) is 0 Å². The molecule has 168 valence electrons. The first-order valence-corrected chi connectivity index (χ1v) is 12.2. The number of amides is 1. The zero-order chi connectivity index (χ0) is 21.6. The van der Waals surface area contributed by atoms with E-state index in [1.807, 2.05) is 0 Å². The molecule has 1 aromatic carbocycles. The predicted octanol–water partition coefficient (Wildman–Crippen LogP) is 1.57. The Morgan fingerprint density at radius 3 is 2.57 bits per heavy atom. The number of hydrogen-bond acceptors (Lipinski definition) is 6. The first-order chi connectivity index (χ1) is 14.4. The van der Waals surface area contributed by atoms with E-state index >= 15 is 0 Å². The van der Waals surface area contributed by atoms with E-state index in [1.54, 1.807) is 11.0 Å². The van der Waals surface area contributed by atoms with Crippen LogP contribution in [0.1, 0.15) is 36.5 Å². The largest absolute Gasteiger partial charge is 0.496 e. The van der Waals surface area contributed by atoms with Crippen molar-refractivity contribution < 1.29 is 22.7 Å². The van der Waals surface area contributed by atoms with Gasteiger partial charge in [-0.2, -0.15) is 0 Å². The van der Waals surface area contributed by atoms with E-state index in [1.165, 1.54) is 19.2 Å². The molecule has 0 bridgehead atoms. The molecule has 2 saturated heterocycles. The zero-order valence-corrected chi connectivity index (χ0v) is 18.7. The number of carbonyl (C=O) groups excluding carboxylic acids is 1. The molecule has 0 aliphatic carbocycles. The Morgan fingerprint density at radius 2 is 1.90 bits per heavy atom. The smallest absolute Gasteiger partial charge is 0.257 e. The third kappa shape index (κ3) is 5.94. The molecule has 1 amide bonds. The van der Waals surface area contributed by atoms with E-state index in [2.05, 4.69) is 16.5 Å². The van der Waals surface area contributed by atoms with Crippen LogP contribution < -0.4 is 9.46 Å². The molecule has 2 fully saturated rings. The van der Waals surface area contributed by atoms with Crippen LogP contribution in [0.4, 0.5) is 0 Å². The summed E-state index contributed by atoms with van der Waals surface area (Å²) in [6, 6.07) is 4.48. The molecule has 2 aliphatic heterocycles. The summed E-state index contributed by atoms with van der Waals surface area (Å²) >= 11 is 0. The molecule has 30 heavy (non-hydrogen) atoms. The lowest BCUT2D eigenvalue weighted by Crippen LogP contribution is -2.38. The van der Waals surface area contributed by atoms with Crippen LogP contribution in [0.25, 0.3) is 0 Å². The Labute approximate surface area is 179 Å². The Bertz CT molecular complexity index is 816. The molecule has 2 heterocycles. The maximum atomic E-state index is 13.0. The number of ether oxygens (including phenoxy) is 2. The van der Waals surface area contributed by atoms with Crippen molar-refractivity contribution in [1.29, 1.82) is 0 Å². The lowest BCUT2D eigenvalue weighted by molar-refractivity contribution is 0.0376. The van der Waals surface area contributed by atoms with E-state index in [-0.39, 0.29) is 10.8 Å². The zero-order valence-electron chi connectivity index (χ0n) is 17.9. The number of morpholine rings is 1. The summed E-state index contributed by atoms with van der Waals surface area (Å²) in [7, 11) is -2.21. The van der Waals surface area contributed by atoms with Gasteiger partial charge in [-0.05, 0) is 49.9 Å². The maximum absolute atomic E-state index is 13.0. The second-order valence-electron chi connectivity index (χ2n) is 8.04. The third-order valence-corrected chi connectivity index (χ3v) is 7.29. The minimum atomic E-state index is -3.70. The third-order valence-electron chi connectivity index (χ3n) is 5.83. The highest BCUT2D eigenvalue weighted by molar-refractivity contribution is 7.89. The molecule has 0 spiro atoms. The lowest BCUT2D eigenvalue weighted by atomic mass is 9.98. The Kier molecular flexibility index (Phi) is 8.10. The monoisotopic (exact) mass is 439 g/mol. The van der Waals surface area contributed by atoms with Gasteiger partial charge in [-0.25, -0.2) is 13.1 Å². The van der Waals surface area contributed by atoms with Crippen molar-refractivity contribution in [2.24, 2.45) is 5.92 Å². The maximum Gasteiger partial charge on any atom is 0.257 e. The summed E-state index contributed by atoms with van der Waals surface area (Å²) in [5.74, 6) is 0.817. The molecule has 0 aromatic heterocycles. The molecule has 9 heteroatoms. The average molecular weight is 440 g/mol. The van der Waals surface area contributed by atoms with Crippen molar-refractivity contribution in [1.82, 2.24) is 14.5 Å². The summed E-state index contributed by atoms with van der Waals surface area (Å²) in [5, 5.41) is 0. The fourth-order valence-corrected chi connectivity index (χ4v) is 4.92. The number of benzene rings is 1. The fraction of sp³-hybridized carbons (Fsp3) is 0.667. The van der Waals surface area contributed by atoms with Crippen molar-refractivity contribution in [3.63, 3.8) is 0 Å². The van der Waals surface area contributed by atoms with Crippen LogP contribution in [0, 0.1) is 5.92 Å². The second kappa shape index (κ2) is 10.6.